The van der Waals surface area contributed by atoms with E-state index in [1.165, 1.54) is 11.3 Å². The summed E-state index contributed by atoms with van der Waals surface area (Å²) < 4.78 is 25.8. The molecule has 25 heavy (non-hydrogen) atoms. The number of rotatable bonds is 5. The Hall–Kier alpha value is -2.25. The van der Waals surface area contributed by atoms with Crippen molar-refractivity contribution < 1.29 is 13.2 Å². The number of nitrogens with one attached hydrogen (secondary N) is 1. The smallest absolute Gasteiger partial charge is 0.225 e. The van der Waals surface area contributed by atoms with Crippen LogP contribution in [-0.4, -0.2) is 25.1 Å². The van der Waals surface area contributed by atoms with Crippen molar-refractivity contribution in [3.63, 3.8) is 0 Å². The molecule has 0 atom stereocenters. The molecule has 1 aromatic heterocycles. The Balaban J connectivity index is 1.68. The summed E-state index contributed by atoms with van der Waals surface area (Å²) in [5.41, 5.74) is 2.49. The number of amides is 1. The second-order valence-electron chi connectivity index (χ2n) is 5.85. The van der Waals surface area contributed by atoms with Crippen LogP contribution in [0.1, 0.15) is 17.0 Å². The summed E-state index contributed by atoms with van der Waals surface area (Å²) in [5.74, 6) is -0.544. The number of sulfone groups is 1. The number of thiazole rings is 1. The normalized spacial score (nSPS) is 11.6. The van der Waals surface area contributed by atoms with Gasteiger partial charge in [-0.2, -0.15) is 0 Å². The zero-order valence-electron chi connectivity index (χ0n) is 13.9. The quantitative estimate of drug-likeness (QED) is 0.738. The van der Waals surface area contributed by atoms with Gasteiger partial charge in [-0.3, -0.25) is 4.79 Å². The summed E-state index contributed by atoms with van der Waals surface area (Å²) in [7, 11) is -3.52. The van der Waals surface area contributed by atoms with Gasteiger partial charge in [0.05, 0.1) is 25.9 Å². The lowest BCUT2D eigenvalue weighted by Crippen LogP contribution is -2.17. The average Bonchev–Trinajstić information content (AvgIpc) is 2.92. The lowest BCUT2D eigenvalue weighted by molar-refractivity contribution is -0.115. The molecule has 1 heterocycles. The van der Waals surface area contributed by atoms with Crippen molar-refractivity contribution in [3.05, 3.63) is 53.0 Å². The summed E-state index contributed by atoms with van der Waals surface area (Å²) in [6.45, 7) is 3.81. The molecule has 0 saturated carbocycles. The number of benzene rings is 2. The molecule has 1 amide bonds. The third-order valence-electron chi connectivity index (χ3n) is 3.73. The SMILES string of the molecule is Cc1cccc(NC(=O)CCS(=O)(=O)c2ccc3nc(C)sc3c2)c1. The van der Waals surface area contributed by atoms with Gasteiger partial charge in [0, 0.05) is 12.1 Å². The average molecular weight is 374 g/mol. The molecule has 0 fully saturated rings. The molecule has 0 aliphatic heterocycles. The maximum atomic E-state index is 12.5. The molecule has 7 heteroatoms. The minimum absolute atomic E-state index is 0.0873. The molecule has 1 N–H and O–H groups in total. The Morgan fingerprint density at radius 2 is 1.96 bits per heavy atom. The third kappa shape index (κ3) is 4.24. The van der Waals surface area contributed by atoms with E-state index in [1.54, 1.807) is 24.3 Å². The van der Waals surface area contributed by atoms with E-state index in [1.807, 2.05) is 32.0 Å². The predicted molar refractivity (Wildman–Crippen MR) is 101 cm³/mol. The van der Waals surface area contributed by atoms with Crippen LogP contribution in [-0.2, 0) is 14.6 Å². The van der Waals surface area contributed by atoms with Crippen LogP contribution in [0, 0.1) is 13.8 Å². The number of aryl methyl sites for hydroxylation is 2. The standard InChI is InChI=1S/C18H18N2O3S2/c1-12-4-3-5-14(10-12)20-18(21)8-9-25(22,23)15-6-7-16-17(11-15)24-13(2)19-16/h3-7,10-11H,8-9H2,1-2H3,(H,20,21). The highest BCUT2D eigenvalue weighted by atomic mass is 32.2. The van der Waals surface area contributed by atoms with Gasteiger partial charge in [0.2, 0.25) is 5.91 Å². The molecule has 2 aromatic carbocycles. The minimum Gasteiger partial charge on any atom is -0.326 e. The second-order valence-corrected chi connectivity index (χ2v) is 9.19. The maximum absolute atomic E-state index is 12.5. The van der Waals surface area contributed by atoms with Crippen molar-refractivity contribution in [2.24, 2.45) is 0 Å². The van der Waals surface area contributed by atoms with Crippen LogP contribution in [0.5, 0.6) is 0 Å². The summed E-state index contributed by atoms with van der Waals surface area (Å²) in [4.78, 5) is 16.6. The van der Waals surface area contributed by atoms with E-state index in [-0.39, 0.29) is 23.0 Å². The number of hydrogen-bond acceptors (Lipinski definition) is 5. The molecule has 0 unspecified atom stereocenters. The third-order valence-corrected chi connectivity index (χ3v) is 6.37. The minimum atomic E-state index is -3.52. The molecule has 3 aromatic rings. The molecule has 0 bridgehead atoms. The van der Waals surface area contributed by atoms with Crippen LogP contribution in [0.15, 0.2) is 47.4 Å². The van der Waals surface area contributed by atoms with E-state index in [2.05, 4.69) is 10.3 Å². The molecule has 0 spiro atoms. The fourth-order valence-electron chi connectivity index (χ4n) is 2.50. The van der Waals surface area contributed by atoms with Gasteiger partial charge < -0.3 is 5.32 Å². The summed E-state index contributed by atoms with van der Waals surface area (Å²) in [6, 6.07) is 12.3. The molecule has 0 aliphatic rings. The largest absolute Gasteiger partial charge is 0.326 e. The van der Waals surface area contributed by atoms with Gasteiger partial charge in [-0.25, -0.2) is 13.4 Å². The highest BCUT2D eigenvalue weighted by molar-refractivity contribution is 7.91. The zero-order chi connectivity index (χ0) is 18.0. The lowest BCUT2D eigenvalue weighted by atomic mass is 10.2. The van der Waals surface area contributed by atoms with Crippen LogP contribution >= 0.6 is 11.3 Å². The van der Waals surface area contributed by atoms with Gasteiger partial charge in [0.15, 0.2) is 9.84 Å². The summed E-state index contributed by atoms with van der Waals surface area (Å²) in [6.07, 6.45) is -0.0873. The number of carbonyl (C=O) groups is 1. The Kier molecular flexibility index (Phi) is 4.87. The number of fused-ring (bicyclic) bond motifs is 1. The van der Waals surface area contributed by atoms with Gasteiger partial charge in [-0.1, -0.05) is 12.1 Å². The number of nitrogens with zero attached hydrogens (tertiary/aromatic N) is 1. The van der Waals surface area contributed by atoms with Crippen LogP contribution in [0.4, 0.5) is 5.69 Å². The van der Waals surface area contributed by atoms with Gasteiger partial charge >= 0.3 is 0 Å². The Morgan fingerprint density at radius 3 is 2.72 bits per heavy atom. The van der Waals surface area contributed by atoms with Crippen molar-refractivity contribution in [2.45, 2.75) is 25.2 Å². The number of hydrogen-bond donors (Lipinski definition) is 1. The highest BCUT2D eigenvalue weighted by Gasteiger charge is 2.18. The number of aromatic nitrogens is 1. The topological polar surface area (TPSA) is 76.1 Å². The van der Waals surface area contributed by atoms with Crippen LogP contribution in [0.25, 0.3) is 10.2 Å². The molecule has 130 valence electrons. The van der Waals surface area contributed by atoms with Crippen molar-refractivity contribution >= 4 is 43.0 Å². The van der Waals surface area contributed by atoms with E-state index >= 15 is 0 Å². The summed E-state index contributed by atoms with van der Waals surface area (Å²) in [5, 5.41) is 3.62. The zero-order valence-corrected chi connectivity index (χ0v) is 15.6. The Labute approximate surface area is 150 Å². The first-order valence-corrected chi connectivity index (χ1v) is 10.3. The van der Waals surface area contributed by atoms with Crippen LogP contribution in [0.2, 0.25) is 0 Å². The van der Waals surface area contributed by atoms with Crippen molar-refractivity contribution in [1.82, 2.24) is 4.98 Å². The molecule has 0 saturated heterocycles. The summed E-state index contributed by atoms with van der Waals surface area (Å²) >= 11 is 1.46. The number of carbonyl (C=O) groups excluding carboxylic acids is 1. The van der Waals surface area contributed by atoms with E-state index in [4.69, 9.17) is 0 Å². The first kappa shape index (κ1) is 17.6. The molecular formula is C18H18N2O3S2. The monoisotopic (exact) mass is 374 g/mol. The van der Waals surface area contributed by atoms with Crippen LogP contribution in [0.3, 0.4) is 0 Å². The molecule has 3 rings (SSSR count). The Bertz CT molecular complexity index is 1040. The van der Waals surface area contributed by atoms with E-state index in [9.17, 15) is 13.2 Å². The molecule has 5 nitrogen and oxygen atoms in total. The van der Waals surface area contributed by atoms with Crippen molar-refractivity contribution in [3.8, 4) is 0 Å². The predicted octanol–water partition coefficient (Wildman–Crippen LogP) is 3.72. The lowest BCUT2D eigenvalue weighted by Gasteiger charge is -2.07. The van der Waals surface area contributed by atoms with Gasteiger partial charge in [-0.05, 0) is 49.7 Å². The first-order chi connectivity index (χ1) is 11.8. The second kappa shape index (κ2) is 6.93. The molecule has 0 aliphatic carbocycles. The van der Waals surface area contributed by atoms with Crippen molar-refractivity contribution in [1.29, 1.82) is 0 Å². The van der Waals surface area contributed by atoms with Gasteiger partial charge in [0.1, 0.15) is 0 Å². The Morgan fingerprint density at radius 1 is 1.16 bits per heavy atom. The molecular weight excluding hydrogens is 356 g/mol. The van der Waals surface area contributed by atoms with Gasteiger partial charge in [0.25, 0.3) is 0 Å². The van der Waals surface area contributed by atoms with Crippen LogP contribution < -0.4 is 5.32 Å². The van der Waals surface area contributed by atoms with E-state index < -0.39 is 9.84 Å². The highest BCUT2D eigenvalue weighted by Crippen LogP contribution is 2.25. The van der Waals surface area contributed by atoms with E-state index in [0.717, 1.165) is 20.8 Å². The fraction of sp³-hybridized carbons (Fsp3) is 0.222. The maximum Gasteiger partial charge on any atom is 0.225 e. The number of anilines is 1. The molecule has 0 radical (unpaired) electrons. The van der Waals surface area contributed by atoms with Crippen molar-refractivity contribution in [2.75, 3.05) is 11.1 Å². The van der Waals surface area contributed by atoms with E-state index in [0.29, 0.717) is 5.69 Å². The first-order valence-electron chi connectivity index (χ1n) is 7.80. The van der Waals surface area contributed by atoms with Gasteiger partial charge in [-0.15, -0.1) is 11.3 Å². The fourth-order valence-corrected chi connectivity index (χ4v) is 4.71.